The van der Waals surface area contributed by atoms with Gasteiger partial charge in [0.25, 0.3) is 0 Å². The van der Waals surface area contributed by atoms with Gasteiger partial charge in [-0.1, -0.05) is 6.07 Å². The van der Waals surface area contributed by atoms with Crippen LogP contribution in [0, 0.1) is 0 Å². The lowest BCUT2D eigenvalue weighted by Crippen LogP contribution is -2.54. The van der Waals surface area contributed by atoms with Gasteiger partial charge in [0.15, 0.2) is 11.5 Å². The zero-order chi connectivity index (χ0) is 13.8. The molecular weight excluding hydrogens is 252 g/mol. The number of methoxy groups -OCH3 is 2. The van der Waals surface area contributed by atoms with Gasteiger partial charge in [0.05, 0.1) is 14.2 Å². The summed E-state index contributed by atoms with van der Waals surface area (Å²) in [7, 11) is 3.07. The van der Waals surface area contributed by atoms with E-state index in [1.54, 1.807) is 25.3 Å². The van der Waals surface area contributed by atoms with Crippen molar-refractivity contribution < 1.29 is 24.9 Å². The molecule has 108 valence electrons. The molecule has 0 spiro atoms. The summed E-state index contributed by atoms with van der Waals surface area (Å²) in [4.78, 5) is 11.1. The van der Waals surface area contributed by atoms with Crippen LogP contribution in [-0.4, -0.2) is 36.3 Å². The molecule has 1 aromatic carbocycles. The van der Waals surface area contributed by atoms with Crippen LogP contribution in [0.2, 0.25) is 0 Å². The highest BCUT2D eigenvalue weighted by atomic mass is 16.5. The van der Waals surface area contributed by atoms with Crippen molar-refractivity contribution in [3.63, 3.8) is 0 Å². The van der Waals surface area contributed by atoms with Gasteiger partial charge < -0.3 is 20.1 Å². The third-order valence-corrected chi connectivity index (χ3v) is 2.80. The number of aliphatic carboxylic acids is 1. The molecule has 0 aliphatic rings. The van der Waals surface area contributed by atoms with Gasteiger partial charge in [-0.25, -0.2) is 5.43 Å². The van der Waals surface area contributed by atoms with Crippen LogP contribution in [0.4, 0.5) is 0 Å². The van der Waals surface area contributed by atoms with Crippen LogP contribution >= 0.6 is 0 Å². The highest BCUT2D eigenvalue weighted by Crippen LogP contribution is 2.28. The Labute approximate surface area is 111 Å². The summed E-state index contributed by atoms with van der Waals surface area (Å²) < 4.78 is 10.3. The number of ether oxygens (including phenoxy) is 2. The van der Waals surface area contributed by atoms with Gasteiger partial charge in [-0.15, -0.1) is 0 Å². The molecule has 1 rings (SSSR count). The van der Waals surface area contributed by atoms with E-state index >= 15 is 0 Å². The third-order valence-electron chi connectivity index (χ3n) is 2.80. The molecule has 1 aromatic rings. The minimum Gasteiger partial charge on any atom is -0.493 e. The molecule has 0 amide bonds. The van der Waals surface area contributed by atoms with E-state index in [2.05, 4.69) is 5.43 Å². The van der Waals surface area contributed by atoms with Crippen LogP contribution in [-0.2, 0) is 11.2 Å². The van der Waals surface area contributed by atoms with Crippen LogP contribution in [0.1, 0.15) is 12.5 Å². The SMILES string of the molecule is COc1ccc(C[C@](C)(NN)C(=O)O)cc1OC.O. The predicted octanol–water partition coefficient (Wildman–Crippen LogP) is -0.272. The summed E-state index contributed by atoms with van der Waals surface area (Å²) in [6.45, 7) is 1.52. The molecule has 0 radical (unpaired) electrons. The van der Waals surface area contributed by atoms with E-state index in [1.165, 1.54) is 14.0 Å². The Hall–Kier alpha value is -1.83. The fraction of sp³-hybridized carbons (Fsp3) is 0.417. The van der Waals surface area contributed by atoms with Crippen LogP contribution in [0.15, 0.2) is 18.2 Å². The minimum absolute atomic E-state index is 0. The molecule has 0 unspecified atom stereocenters. The first-order valence-corrected chi connectivity index (χ1v) is 5.39. The number of carboxylic acid groups (broad SMARTS) is 1. The summed E-state index contributed by atoms with van der Waals surface area (Å²) in [6, 6.07) is 5.24. The number of rotatable bonds is 6. The summed E-state index contributed by atoms with van der Waals surface area (Å²) in [5.41, 5.74) is 1.89. The van der Waals surface area contributed by atoms with Crippen molar-refractivity contribution in [3.05, 3.63) is 23.8 Å². The quantitative estimate of drug-likeness (QED) is 0.483. The largest absolute Gasteiger partial charge is 0.493 e. The van der Waals surface area contributed by atoms with E-state index in [0.29, 0.717) is 11.5 Å². The number of benzene rings is 1. The number of hydrogen-bond acceptors (Lipinski definition) is 5. The van der Waals surface area contributed by atoms with Crippen LogP contribution in [0.3, 0.4) is 0 Å². The molecule has 0 aliphatic heterocycles. The number of nitrogens with one attached hydrogen (secondary N) is 1. The van der Waals surface area contributed by atoms with Crippen molar-refractivity contribution in [3.8, 4) is 11.5 Å². The number of nitrogens with two attached hydrogens (primary N) is 1. The second-order valence-electron chi connectivity index (χ2n) is 4.15. The first kappa shape index (κ1) is 17.2. The smallest absolute Gasteiger partial charge is 0.325 e. The summed E-state index contributed by atoms with van der Waals surface area (Å²) in [5.74, 6) is 5.43. The number of hydrazine groups is 1. The Bertz CT molecular complexity index is 438. The fourth-order valence-corrected chi connectivity index (χ4v) is 1.59. The lowest BCUT2D eigenvalue weighted by molar-refractivity contribution is -0.144. The Kier molecular flexibility index (Phi) is 6.26. The van der Waals surface area contributed by atoms with E-state index in [-0.39, 0.29) is 11.9 Å². The molecule has 1 atom stereocenters. The molecule has 0 heterocycles. The molecule has 0 aliphatic carbocycles. The van der Waals surface area contributed by atoms with Crippen molar-refractivity contribution in [2.45, 2.75) is 18.9 Å². The van der Waals surface area contributed by atoms with Gasteiger partial charge >= 0.3 is 5.97 Å². The lowest BCUT2D eigenvalue weighted by Gasteiger charge is -2.24. The topological polar surface area (TPSA) is 125 Å². The number of carbonyl (C=O) groups is 1. The molecule has 0 saturated heterocycles. The molecular formula is C12H20N2O5. The molecule has 0 aromatic heterocycles. The van der Waals surface area contributed by atoms with Gasteiger partial charge in [-0.05, 0) is 24.6 Å². The zero-order valence-corrected chi connectivity index (χ0v) is 11.2. The lowest BCUT2D eigenvalue weighted by atomic mass is 9.93. The maximum atomic E-state index is 11.1. The zero-order valence-electron chi connectivity index (χ0n) is 11.2. The van der Waals surface area contributed by atoms with Crippen molar-refractivity contribution in [2.24, 2.45) is 5.84 Å². The second kappa shape index (κ2) is 6.93. The predicted molar refractivity (Wildman–Crippen MR) is 70.2 cm³/mol. The average molecular weight is 272 g/mol. The Morgan fingerprint density at radius 3 is 2.37 bits per heavy atom. The van der Waals surface area contributed by atoms with Gasteiger partial charge in [0.2, 0.25) is 0 Å². The summed E-state index contributed by atoms with van der Waals surface area (Å²) in [5, 5.41) is 9.12. The molecule has 7 nitrogen and oxygen atoms in total. The van der Waals surface area contributed by atoms with E-state index in [9.17, 15) is 4.79 Å². The van der Waals surface area contributed by atoms with Crippen LogP contribution in [0.25, 0.3) is 0 Å². The van der Waals surface area contributed by atoms with E-state index < -0.39 is 11.5 Å². The van der Waals surface area contributed by atoms with E-state index in [1.807, 2.05) is 0 Å². The third kappa shape index (κ3) is 3.82. The van der Waals surface area contributed by atoms with Crippen LogP contribution in [0.5, 0.6) is 11.5 Å². The van der Waals surface area contributed by atoms with Gasteiger partial charge in [0.1, 0.15) is 5.54 Å². The highest BCUT2D eigenvalue weighted by Gasteiger charge is 2.32. The normalized spacial score (nSPS) is 13.1. The first-order valence-electron chi connectivity index (χ1n) is 5.39. The number of hydrogen-bond donors (Lipinski definition) is 3. The summed E-state index contributed by atoms with van der Waals surface area (Å²) in [6.07, 6.45) is 0.235. The first-order chi connectivity index (χ1) is 8.46. The van der Waals surface area contributed by atoms with E-state index in [4.69, 9.17) is 20.4 Å². The minimum atomic E-state index is -1.22. The molecule has 0 fully saturated rings. The van der Waals surface area contributed by atoms with Crippen LogP contribution < -0.4 is 20.7 Å². The van der Waals surface area contributed by atoms with Gasteiger partial charge in [-0.3, -0.25) is 10.6 Å². The van der Waals surface area contributed by atoms with Gasteiger partial charge in [0, 0.05) is 6.42 Å². The van der Waals surface area contributed by atoms with Crippen molar-refractivity contribution >= 4 is 5.97 Å². The van der Waals surface area contributed by atoms with Crippen molar-refractivity contribution in [1.29, 1.82) is 0 Å². The molecule has 0 saturated carbocycles. The highest BCUT2D eigenvalue weighted by molar-refractivity contribution is 5.78. The summed E-state index contributed by atoms with van der Waals surface area (Å²) >= 11 is 0. The molecule has 0 bridgehead atoms. The Balaban J connectivity index is 0.00000324. The van der Waals surface area contributed by atoms with Crippen molar-refractivity contribution in [2.75, 3.05) is 14.2 Å². The maximum absolute atomic E-state index is 11.1. The molecule has 6 N–H and O–H groups in total. The Morgan fingerprint density at radius 1 is 1.37 bits per heavy atom. The maximum Gasteiger partial charge on any atom is 0.325 e. The second-order valence-corrected chi connectivity index (χ2v) is 4.15. The monoisotopic (exact) mass is 272 g/mol. The number of carboxylic acids is 1. The molecule has 19 heavy (non-hydrogen) atoms. The molecule has 7 heteroatoms. The van der Waals surface area contributed by atoms with Crippen molar-refractivity contribution in [1.82, 2.24) is 5.43 Å². The van der Waals surface area contributed by atoms with Gasteiger partial charge in [-0.2, -0.15) is 0 Å². The Morgan fingerprint density at radius 2 is 1.95 bits per heavy atom. The average Bonchev–Trinajstić information content (AvgIpc) is 2.38. The standard InChI is InChI=1S/C12H18N2O4.H2O/c1-12(14-13,11(15)16)7-8-4-5-9(17-2)10(6-8)18-3;/h4-6,14H,7,13H2,1-3H3,(H,15,16);1H2/t12-;/m0./s1. The fourth-order valence-electron chi connectivity index (χ4n) is 1.59. The van der Waals surface area contributed by atoms with E-state index in [0.717, 1.165) is 5.56 Å².